The summed E-state index contributed by atoms with van der Waals surface area (Å²) in [7, 11) is 2.00. The molecule has 0 spiro atoms. The molecule has 2 aromatic rings. The fourth-order valence-electron chi connectivity index (χ4n) is 2.63. The minimum Gasteiger partial charge on any atom is -0.395 e. The molecule has 0 amide bonds. The van der Waals surface area contributed by atoms with E-state index in [0.29, 0.717) is 6.61 Å². The third-order valence-corrected chi connectivity index (χ3v) is 3.77. The van der Waals surface area contributed by atoms with Crippen LogP contribution in [0.15, 0.2) is 24.5 Å². The molecular weight excluding hydrogens is 242 g/mol. The van der Waals surface area contributed by atoms with Crippen LogP contribution in [-0.4, -0.2) is 52.0 Å². The summed E-state index contributed by atoms with van der Waals surface area (Å²) >= 11 is 0. The van der Waals surface area contributed by atoms with Gasteiger partial charge in [-0.1, -0.05) is 12.1 Å². The molecule has 1 atom stereocenters. The van der Waals surface area contributed by atoms with E-state index in [4.69, 9.17) is 4.74 Å². The fourth-order valence-corrected chi connectivity index (χ4v) is 2.63. The summed E-state index contributed by atoms with van der Waals surface area (Å²) < 4.78 is 7.44. The van der Waals surface area contributed by atoms with Gasteiger partial charge in [0.05, 0.1) is 43.2 Å². The molecule has 1 saturated heterocycles. The molecule has 0 aliphatic carbocycles. The van der Waals surface area contributed by atoms with Crippen molar-refractivity contribution >= 4 is 11.0 Å². The molecular formula is C14H19N3O2. The molecule has 19 heavy (non-hydrogen) atoms. The second kappa shape index (κ2) is 5.28. The van der Waals surface area contributed by atoms with E-state index in [-0.39, 0.29) is 12.6 Å². The number of benzene rings is 1. The molecule has 0 saturated carbocycles. The van der Waals surface area contributed by atoms with Gasteiger partial charge in [-0.15, -0.1) is 0 Å². The molecule has 1 aromatic carbocycles. The Morgan fingerprint density at radius 3 is 3.21 bits per heavy atom. The molecule has 3 rings (SSSR count). The summed E-state index contributed by atoms with van der Waals surface area (Å²) in [6.45, 7) is 3.14. The molecule has 0 radical (unpaired) electrons. The summed E-state index contributed by atoms with van der Waals surface area (Å²) in [5, 5.41) is 9.42. The minimum absolute atomic E-state index is 0.0905. The van der Waals surface area contributed by atoms with E-state index in [1.54, 1.807) is 0 Å². The molecule has 102 valence electrons. The van der Waals surface area contributed by atoms with Crippen molar-refractivity contribution in [3.05, 3.63) is 30.1 Å². The van der Waals surface area contributed by atoms with Crippen LogP contribution in [-0.2, 0) is 18.3 Å². The van der Waals surface area contributed by atoms with Crippen molar-refractivity contribution in [2.24, 2.45) is 7.05 Å². The van der Waals surface area contributed by atoms with Crippen LogP contribution in [0.5, 0.6) is 0 Å². The standard InChI is InChI=1S/C14H19N3O2/c1-16-10-15-14-11(3-2-4-13(14)16)7-17-5-6-19-9-12(17)8-18/h2-4,10,12,18H,5-9H2,1H3/t12-/m0/s1. The van der Waals surface area contributed by atoms with Gasteiger partial charge in [-0.2, -0.15) is 0 Å². The number of nitrogens with zero attached hydrogens (tertiary/aromatic N) is 3. The van der Waals surface area contributed by atoms with E-state index in [1.807, 2.05) is 17.9 Å². The highest BCUT2D eigenvalue weighted by molar-refractivity contribution is 5.78. The average molecular weight is 261 g/mol. The van der Waals surface area contributed by atoms with Gasteiger partial charge in [-0.05, 0) is 11.6 Å². The number of ether oxygens (including phenoxy) is 1. The van der Waals surface area contributed by atoms with Gasteiger partial charge in [-0.3, -0.25) is 4.90 Å². The number of morpholine rings is 1. The van der Waals surface area contributed by atoms with Crippen LogP contribution in [0.4, 0.5) is 0 Å². The number of hydrogen-bond acceptors (Lipinski definition) is 4. The van der Waals surface area contributed by atoms with Gasteiger partial charge in [0.25, 0.3) is 0 Å². The number of aromatic nitrogens is 2. The topological polar surface area (TPSA) is 50.5 Å². The maximum atomic E-state index is 9.42. The van der Waals surface area contributed by atoms with Crippen LogP contribution in [0.2, 0.25) is 0 Å². The van der Waals surface area contributed by atoms with E-state index in [0.717, 1.165) is 30.7 Å². The molecule has 1 aromatic heterocycles. The third-order valence-electron chi connectivity index (χ3n) is 3.77. The lowest BCUT2D eigenvalue weighted by molar-refractivity contribution is -0.0311. The molecule has 1 N–H and O–H groups in total. The Kier molecular flexibility index (Phi) is 3.50. The maximum Gasteiger partial charge on any atom is 0.0955 e. The van der Waals surface area contributed by atoms with Crippen molar-refractivity contribution < 1.29 is 9.84 Å². The summed E-state index contributed by atoms with van der Waals surface area (Å²) in [4.78, 5) is 6.75. The predicted octanol–water partition coefficient (Wildman–Crippen LogP) is 0.766. The van der Waals surface area contributed by atoms with E-state index in [1.165, 1.54) is 5.56 Å². The lowest BCUT2D eigenvalue weighted by Gasteiger charge is -2.34. The normalized spacial score (nSPS) is 21.1. The molecule has 5 nitrogen and oxygen atoms in total. The number of hydrogen-bond donors (Lipinski definition) is 1. The summed E-state index contributed by atoms with van der Waals surface area (Å²) in [6.07, 6.45) is 1.84. The Morgan fingerprint density at radius 2 is 2.37 bits per heavy atom. The Hall–Kier alpha value is -1.43. The Balaban J connectivity index is 1.88. The summed E-state index contributed by atoms with van der Waals surface area (Å²) in [6, 6.07) is 6.34. The third kappa shape index (κ3) is 2.36. The Labute approximate surface area is 112 Å². The predicted molar refractivity (Wildman–Crippen MR) is 72.8 cm³/mol. The molecule has 0 unspecified atom stereocenters. The smallest absolute Gasteiger partial charge is 0.0955 e. The molecule has 2 heterocycles. The molecule has 1 aliphatic heterocycles. The molecule has 0 bridgehead atoms. The van der Waals surface area contributed by atoms with Crippen molar-refractivity contribution in [3.8, 4) is 0 Å². The highest BCUT2D eigenvalue weighted by atomic mass is 16.5. The summed E-state index contributed by atoms with van der Waals surface area (Å²) in [5.74, 6) is 0. The van der Waals surface area contributed by atoms with Gasteiger partial charge >= 0.3 is 0 Å². The number of rotatable bonds is 3. The molecule has 5 heteroatoms. The zero-order chi connectivity index (χ0) is 13.2. The number of imidazole rings is 1. The van der Waals surface area contributed by atoms with Crippen molar-refractivity contribution in [2.45, 2.75) is 12.6 Å². The van der Waals surface area contributed by atoms with Gasteiger partial charge in [0.1, 0.15) is 0 Å². The lowest BCUT2D eigenvalue weighted by atomic mass is 10.1. The monoisotopic (exact) mass is 261 g/mol. The first-order valence-electron chi connectivity index (χ1n) is 6.61. The number of aryl methyl sites for hydroxylation is 1. The maximum absolute atomic E-state index is 9.42. The van der Waals surface area contributed by atoms with Crippen molar-refractivity contribution in [3.63, 3.8) is 0 Å². The zero-order valence-corrected chi connectivity index (χ0v) is 11.1. The number of aliphatic hydroxyl groups is 1. The number of fused-ring (bicyclic) bond motifs is 1. The van der Waals surface area contributed by atoms with E-state index >= 15 is 0 Å². The zero-order valence-electron chi connectivity index (χ0n) is 11.1. The van der Waals surface area contributed by atoms with Crippen molar-refractivity contribution in [2.75, 3.05) is 26.4 Å². The Bertz CT molecular complexity index is 567. The number of para-hydroxylation sites is 1. The van der Waals surface area contributed by atoms with Gasteiger partial charge < -0.3 is 14.4 Å². The highest BCUT2D eigenvalue weighted by Crippen LogP contribution is 2.20. The summed E-state index contributed by atoms with van der Waals surface area (Å²) in [5.41, 5.74) is 3.40. The lowest BCUT2D eigenvalue weighted by Crippen LogP contribution is -2.46. The number of aliphatic hydroxyl groups excluding tert-OH is 1. The van der Waals surface area contributed by atoms with Crippen LogP contribution in [0.3, 0.4) is 0 Å². The van der Waals surface area contributed by atoms with Gasteiger partial charge in [-0.25, -0.2) is 4.98 Å². The van der Waals surface area contributed by atoms with Gasteiger partial charge in [0, 0.05) is 20.1 Å². The second-order valence-electron chi connectivity index (χ2n) is 5.02. The van der Waals surface area contributed by atoms with Crippen molar-refractivity contribution in [1.82, 2.24) is 14.5 Å². The van der Waals surface area contributed by atoms with Crippen LogP contribution < -0.4 is 0 Å². The second-order valence-corrected chi connectivity index (χ2v) is 5.02. The average Bonchev–Trinajstić information content (AvgIpc) is 2.82. The SMILES string of the molecule is Cn1cnc2c(CN3CCOC[C@@H]3CO)cccc21. The molecule has 1 fully saturated rings. The van der Waals surface area contributed by atoms with Gasteiger partial charge in [0.15, 0.2) is 0 Å². The van der Waals surface area contributed by atoms with E-state index < -0.39 is 0 Å². The molecule has 1 aliphatic rings. The first-order valence-corrected chi connectivity index (χ1v) is 6.61. The Morgan fingerprint density at radius 1 is 1.47 bits per heavy atom. The first-order chi connectivity index (χ1) is 9.29. The van der Waals surface area contributed by atoms with Crippen LogP contribution in [0.1, 0.15) is 5.56 Å². The van der Waals surface area contributed by atoms with Gasteiger partial charge in [0.2, 0.25) is 0 Å². The quantitative estimate of drug-likeness (QED) is 0.886. The van der Waals surface area contributed by atoms with E-state index in [2.05, 4.69) is 28.1 Å². The minimum atomic E-state index is 0.0905. The van der Waals surface area contributed by atoms with E-state index in [9.17, 15) is 5.11 Å². The fraction of sp³-hybridized carbons (Fsp3) is 0.500. The van der Waals surface area contributed by atoms with Crippen LogP contribution in [0, 0.1) is 0 Å². The van der Waals surface area contributed by atoms with Crippen LogP contribution >= 0.6 is 0 Å². The first kappa shape index (κ1) is 12.6. The van der Waals surface area contributed by atoms with Crippen molar-refractivity contribution in [1.29, 1.82) is 0 Å². The largest absolute Gasteiger partial charge is 0.395 e. The highest BCUT2D eigenvalue weighted by Gasteiger charge is 2.23. The van der Waals surface area contributed by atoms with Crippen LogP contribution in [0.25, 0.3) is 11.0 Å².